The lowest BCUT2D eigenvalue weighted by atomic mass is 9.95. The van der Waals surface area contributed by atoms with Crippen LogP contribution in [0.1, 0.15) is 5.82 Å². The van der Waals surface area contributed by atoms with Crippen LogP contribution in [0.5, 0.6) is 0 Å². The van der Waals surface area contributed by atoms with Gasteiger partial charge in [-0.25, -0.2) is 9.48 Å². The number of nitrogens with zero attached hydrogens (tertiary/aromatic N) is 5. The fourth-order valence-electron chi connectivity index (χ4n) is 2.74. The van der Waals surface area contributed by atoms with Gasteiger partial charge in [-0.3, -0.25) is 25.0 Å². The molecule has 3 rings (SSSR count). The molecule has 1 fully saturated rings. The van der Waals surface area contributed by atoms with Crippen molar-refractivity contribution in [2.24, 2.45) is 11.5 Å². The molecule has 1 saturated heterocycles. The fraction of sp³-hybridized carbons (Fsp3) is 0.333. The van der Waals surface area contributed by atoms with Crippen molar-refractivity contribution in [2.75, 3.05) is 5.75 Å². The van der Waals surface area contributed by atoms with Crippen LogP contribution in [-0.2, 0) is 25.7 Å². The van der Waals surface area contributed by atoms with Crippen LogP contribution in [0.25, 0.3) is 0 Å². The molecule has 1 aromatic heterocycles. The van der Waals surface area contributed by atoms with Gasteiger partial charge >= 0.3 is 5.97 Å². The van der Waals surface area contributed by atoms with E-state index in [1.54, 1.807) is 0 Å². The van der Waals surface area contributed by atoms with E-state index in [2.05, 4.69) is 20.8 Å². The maximum atomic E-state index is 12.4. The van der Waals surface area contributed by atoms with E-state index in [0.717, 1.165) is 21.3 Å². The average molecular weight is 412 g/mol. The van der Waals surface area contributed by atoms with Gasteiger partial charge in [-0.2, -0.15) is 0 Å². The van der Waals surface area contributed by atoms with Gasteiger partial charge in [0.25, 0.3) is 5.91 Å². The molecule has 2 aliphatic heterocycles. The number of carboxylic acid groups (broad SMARTS) is 1. The van der Waals surface area contributed by atoms with Gasteiger partial charge in [0, 0.05) is 11.3 Å². The normalized spacial score (nSPS) is 24.1. The highest BCUT2D eigenvalue weighted by atomic mass is 32.2. The number of amides is 3. The van der Waals surface area contributed by atoms with Crippen molar-refractivity contribution in [2.45, 2.75) is 17.6 Å². The Balaban J connectivity index is 2.01. The lowest BCUT2D eigenvalue weighted by Crippen LogP contribution is -2.83. The first-order chi connectivity index (χ1) is 12.7. The highest BCUT2D eigenvalue weighted by Gasteiger charge is 2.63. The minimum absolute atomic E-state index is 0.0328. The molecule has 6 N–H and O–H groups in total. The van der Waals surface area contributed by atoms with Gasteiger partial charge in [-0.15, -0.1) is 16.9 Å². The van der Waals surface area contributed by atoms with Crippen molar-refractivity contribution in [3.63, 3.8) is 0 Å². The zero-order chi connectivity index (χ0) is 19.9. The summed E-state index contributed by atoms with van der Waals surface area (Å²) in [5.74, 6) is -2.88. The number of thioether (sulfide) groups is 1. The Bertz CT molecular complexity index is 913. The summed E-state index contributed by atoms with van der Waals surface area (Å²) in [7, 11) is 0. The molecule has 0 unspecified atom stereocenters. The third-order valence-corrected chi connectivity index (χ3v) is 5.71. The van der Waals surface area contributed by atoms with Gasteiger partial charge in [-0.05, 0) is 10.4 Å². The van der Waals surface area contributed by atoms with E-state index in [-0.39, 0.29) is 40.7 Å². The summed E-state index contributed by atoms with van der Waals surface area (Å²) in [5.41, 5.74) is 9.03. The van der Waals surface area contributed by atoms with Crippen molar-refractivity contribution in [1.82, 2.24) is 30.4 Å². The van der Waals surface area contributed by atoms with E-state index >= 15 is 0 Å². The monoisotopic (exact) mass is 412 g/mol. The molecule has 1 aromatic rings. The highest BCUT2D eigenvalue weighted by molar-refractivity contribution is 8.00. The number of nitrogens with one attached hydrogen (secondary N) is 1. The topological polar surface area (TPSA) is 199 Å². The van der Waals surface area contributed by atoms with E-state index in [1.165, 1.54) is 0 Å². The predicted molar refractivity (Wildman–Crippen MR) is 92.6 cm³/mol. The number of thiocarbonyl (C=S) groups is 1. The van der Waals surface area contributed by atoms with Gasteiger partial charge in [0.05, 0.1) is 4.86 Å². The van der Waals surface area contributed by atoms with Crippen LogP contribution in [-0.4, -0.2) is 76.1 Å². The molecule has 142 valence electrons. The van der Waals surface area contributed by atoms with Crippen LogP contribution >= 0.6 is 24.0 Å². The molecule has 15 heteroatoms. The van der Waals surface area contributed by atoms with Crippen LogP contribution in [0, 0.1) is 0 Å². The van der Waals surface area contributed by atoms with E-state index in [0.29, 0.717) is 0 Å². The van der Waals surface area contributed by atoms with E-state index < -0.39 is 28.8 Å². The number of carbonyl (C=O) groups excluding carboxylic acids is 3. The number of rotatable bonds is 7. The van der Waals surface area contributed by atoms with Crippen LogP contribution in [0.4, 0.5) is 0 Å². The standard InChI is InChI=1S/C12H12N8O5S2/c13-5(22)1-19-8(16-17-18-19)7(26)4-2-27-11-12(14,15-3-21)10(25)20(11)6(4)9(23)24/h3,11H,1-2,14H2,(H2,13,22)(H,15,21)(H,23,24)/t11-,12-/m0/s1. The predicted octanol–water partition coefficient (Wildman–Crippen LogP) is -3.47. The lowest BCUT2D eigenvalue weighted by Gasteiger charge is -2.54. The zero-order valence-corrected chi connectivity index (χ0v) is 15.0. The van der Waals surface area contributed by atoms with Crippen LogP contribution in [0.3, 0.4) is 0 Å². The average Bonchev–Trinajstić information content (AvgIpc) is 3.06. The molecule has 2 atom stereocenters. The maximum Gasteiger partial charge on any atom is 0.353 e. The van der Waals surface area contributed by atoms with Gasteiger partial charge < -0.3 is 16.2 Å². The third-order valence-electron chi connectivity index (χ3n) is 3.92. The Labute approximate surface area is 160 Å². The third kappa shape index (κ3) is 2.84. The first-order valence-corrected chi connectivity index (χ1v) is 8.69. The summed E-state index contributed by atoms with van der Waals surface area (Å²) >= 11 is 6.42. The Kier molecular flexibility index (Phi) is 4.66. The first kappa shape index (κ1) is 18.9. The summed E-state index contributed by atoms with van der Waals surface area (Å²) in [6.45, 7) is -0.355. The van der Waals surface area contributed by atoms with Gasteiger partial charge in [-0.1, -0.05) is 12.2 Å². The molecule has 3 amide bonds. The van der Waals surface area contributed by atoms with Crippen molar-refractivity contribution >= 4 is 53.0 Å². The first-order valence-electron chi connectivity index (χ1n) is 7.23. The molecule has 0 aliphatic carbocycles. The molecule has 0 bridgehead atoms. The molecular formula is C12H12N8O5S2. The molecule has 27 heavy (non-hydrogen) atoms. The van der Waals surface area contributed by atoms with E-state index in [4.69, 9.17) is 23.7 Å². The summed E-state index contributed by atoms with van der Waals surface area (Å²) in [6.07, 6.45) is 0.276. The maximum absolute atomic E-state index is 12.4. The largest absolute Gasteiger partial charge is 0.477 e. The number of aromatic nitrogens is 4. The number of tetrazole rings is 1. The second kappa shape index (κ2) is 6.67. The summed E-state index contributed by atoms with van der Waals surface area (Å²) < 4.78 is 1.03. The Morgan fingerprint density at radius 3 is 2.81 bits per heavy atom. The Hall–Kier alpha value is -2.91. The molecule has 0 saturated carbocycles. The molecular weight excluding hydrogens is 400 g/mol. The second-order valence-electron chi connectivity index (χ2n) is 5.56. The van der Waals surface area contributed by atoms with E-state index in [9.17, 15) is 24.3 Å². The van der Waals surface area contributed by atoms with Crippen molar-refractivity contribution in [3.8, 4) is 0 Å². The smallest absolute Gasteiger partial charge is 0.353 e. The SMILES string of the molecule is NC(=O)Cn1nnnc1C(=S)C1=C(C(=O)O)N2C(=O)[C@](N)(NC=O)[C@@H]2SC1. The quantitative estimate of drug-likeness (QED) is 0.114. The molecule has 3 heterocycles. The van der Waals surface area contributed by atoms with Gasteiger partial charge in [0.2, 0.25) is 18.0 Å². The number of primary amides is 1. The highest BCUT2D eigenvalue weighted by Crippen LogP contribution is 2.44. The Morgan fingerprint density at radius 2 is 2.22 bits per heavy atom. The van der Waals surface area contributed by atoms with E-state index in [1.807, 2.05) is 0 Å². The molecule has 2 aliphatic rings. The number of β-lactam (4-membered cyclic amide) rings is 1. The zero-order valence-electron chi connectivity index (χ0n) is 13.4. The summed E-state index contributed by atoms with van der Waals surface area (Å²) in [6, 6.07) is 0. The van der Waals surface area contributed by atoms with Gasteiger partial charge in [0.1, 0.15) is 17.6 Å². The minimum atomic E-state index is -1.70. The van der Waals surface area contributed by atoms with Crippen LogP contribution < -0.4 is 16.8 Å². The van der Waals surface area contributed by atoms with Crippen molar-refractivity contribution in [1.29, 1.82) is 0 Å². The number of fused-ring (bicyclic) bond motifs is 1. The molecule has 0 spiro atoms. The number of hydrogen-bond donors (Lipinski definition) is 4. The second-order valence-corrected chi connectivity index (χ2v) is 7.03. The van der Waals surface area contributed by atoms with Gasteiger partial charge in [0.15, 0.2) is 5.82 Å². The minimum Gasteiger partial charge on any atom is -0.477 e. The molecule has 0 aromatic carbocycles. The molecule has 0 radical (unpaired) electrons. The number of carboxylic acids is 1. The number of carbonyl (C=O) groups is 4. The van der Waals surface area contributed by atoms with Crippen molar-refractivity contribution < 1.29 is 24.3 Å². The summed E-state index contributed by atoms with van der Waals surface area (Å²) in [5, 5.41) is 21.7. The number of nitrogens with two attached hydrogens (primary N) is 2. The Morgan fingerprint density at radius 1 is 1.52 bits per heavy atom. The fourth-order valence-corrected chi connectivity index (χ4v) is 4.54. The van der Waals surface area contributed by atoms with Crippen molar-refractivity contribution in [3.05, 3.63) is 17.1 Å². The lowest BCUT2D eigenvalue weighted by molar-refractivity contribution is -0.157. The van der Waals surface area contributed by atoms with Crippen LogP contribution in [0.15, 0.2) is 11.3 Å². The molecule has 13 nitrogen and oxygen atoms in total. The van der Waals surface area contributed by atoms with Crippen LogP contribution in [0.2, 0.25) is 0 Å². The number of aliphatic carboxylic acids is 1. The summed E-state index contributed by atoms with van der Waals surface area (Å²) in [4.78, 5) is 47.0. The number of hydrogen-bond acceptors (Lipinski definition) is 10.